The van der Waals surface area contributed by atoms with Gasteiger partial charge in [0.2, 0.25) is 5.91 Å². The number of thiophene rings is 1. The molecule has 0 spiro atoms. The molecule has 124 valence electrons. The molecule has 1 amide bonds. The fraction of sp³-hybridized carbons (Fsp3) is 0.688. The maximum absolute atomic E-state index is 12.0. The fourth-order valence-corrected chi connectivity index (χ4v) is 3.44. The predicted octanol–water partition coefficient (Wildman–Crippen LogP) is 1.19. The molecule has 0 unspecified atom stereocenters. The molecule has 1 aromatic rings. The van der Waals surface area contributed by atoms with Crippen LogP contribution in [0.4, 0.5) is 0 Å². The Balaban J connectivity index is 1.63. The molecule has 5 nitrogen and oxygen atoms in total. The molecule has 0 saturated carbocycles. The van der Waals surface area contributed by atoms with E-state index in [9.17, 15) is 4.79 Å². The van der Waals surface area contributed by atoms with E-state index in [-0.39, 0.29) is 5.91 Å². The summed E-state index contributed by atoms with van der Waals surface area (Å²) < 4.78 is 5.10. The van der Waals surface area contributed by atoms with Crippen LogP contribution >= 0.6 is 11.3 Å². The number of aryl methyl sites for hydroxylation is 1. The third kappa shape index (κ3) is 5.68. The fourth-order valence-electron chi connectivity index (χ4n) is 2.54. The summed E-state index contributed by atoms with van der Waals surface area (Å²) in [6.45, 7) is 9.01. The molecule has 0 aromatic carbocycles. The van der Waals surface area contributed by atoms with Crippen molar-refractivity contribution in [1.82, 2.24) is 15.1 Å². The van der Waals surface area contributed by atoms with E-state index in [1.165, 1.54) is 9.75 Å². The highest BCUT2D eigenvalue weighted by molar-refractivity contribution is 7.11. The minimum atomic E-state index is 0.122. The minimum Gasteiger partial charge on any atom is -0.383 e. The highest BCUT2D eigenvalue weighted by atomic mass is 32.1. The van der Waals surface area contributed by atoms with Crippen LogP contribution in [0, 0.1) is 0 Å². The van der Waals surface area contributed by atoms with Gasteiger partial charge in [0.1, 0.15) is 0 Å². The van der Waals surface area contributed by atoms with E-state index in [1.807, 2.05) is 0 Å². The Morgan fingerprint density at radius 1 is 1.23 bits per heavy atom. The molecule has 0 atom stereocenters. The van der Waals surface area contributed by atoms with Gasteiger partial charge in [-0.3, -0.25) is 14.6 Å². The molecule has 0 radical (unpaired) electrons. The summed E-state index contributed by atoms with van der Waals surface area (Å²) in [6.07, 6.45) is 1.06. The van der Waals surface area contributed by atoms with Crippen molar-refractivity contribution in [3.63, 3.8) is 0 Å². The number of methoxy groups -OCH3 is 1. The number of hydrogen-bond acceptors (Lipinski definition) is 5. The van der Waals surface area contributed by atoms with Crippen LogP contribution in [0.15, 0.2) is 12.1 Å². The second-order valence-electron chi connectivity index (χ2n) is 5.61. The van der Waals surface area contributed by atoms with Crippen molar-refractivity contribution in [2.75, 3.05) is 53.0 Å². The number of carbonyl (C=O) groups is 1. The third-order valence-corrected chi connectivity index (χ3v) is 5.20. The van der Waals surface area contributed by atoms with E-state index in [4.69, 9.17) is 4.74 Å². The molecule has 6 heteroatoms. The monoisotopic (exact) mass is 325 g/mol. The molecular formula is C16H27N3O2S. The molecule has 22 heavy (non-hydrogen) atoms. The lowest BCUT2D eigenvalue weighted by molar-refractivity contribution is -0.122. The molecule has 2 rings (SSSR count). The highest BCUT2D eigenvalue weighted by Gasteiger charge is 2.18. The average molecular weight is 325 g/mol. The number of rotatable bonds is 8. The first-order valence-electron chi connectivity index (χ1n) is 7.99. The SMILES string of the molecule is CCc1ccc(CNC(=O)CN2CCN(CCOC)CC2)s1. The van der Waals surface area contributed by atoms with Crippen LogP contribution < -0.4 is 5.32 Å². The van der Waals surface area contributed by atoms with E-state index in [1.54, 1.807) is 18.4 Å². The van der Waals surface area contributed by atoms with E-state index in [0.717, 1.165) is 45.8 Å². The first-order chi connectivity index (χ1) is 10.7. The number of ether oxygens (including phenoxy) is 1. The van der Waals surface area contributed by atoms with Gasteiger partial charge in [0.05, 0.1) is 19.7 Å². The average Bonchev–Trinajstić information content (AvgIpc) is 3.00. The van der Waals surface area contributed by atoms with Gasteiger partial charge in [-0.05, 0) is 18.6 Å². The highest BCUT2D eigenvalue weighted by Crippen LogP contribution is 2.16. The Kier molecular flexibility index (Phi) is 7.32. The molecule has 1 aliphatic rings. The quantitative estimate of drug-likeness (QED) is 0.780. The molecule has 0 aliphatic carbocycles. The third-order valence-electron chi connectivity index (χ3n) is 3.97. The topological polar surface area (TPSA) is 44.8 Å². The molecule has 0 bridgehead atoms. The van der Waals surface area contributed by atoms with Crippen LogP contribution in [0.5, 0.6) is 0 Å². The molecule has 1 aliphatic heterocycles. The summed E-state index contributed by atoms with van der Waals surface area (Å²) in [5, 5.41) is 3.03. The van der Waals surface area contributed by atoms with Crippen LogP contribution in [-0.4, -0.2) is 68.7 Å². The molecule has 1 fully saturated rings. The number of carbonyl (C=O) groups excluding carboxylic acids is 1. The Bertz CT molecular complexity index is 456. The number of piperazine rings is 1. The van der Waals surface area contributed by atoms with Gasteiger partial charge in [-0.1, -0.05) is 6.92 Å². The van der Waals surface area contributed by atoms with Crippen molar-refractivity contribution in [3.8, 4) is 0 Å². The maximum atomic E-state index is 12.0. The van der Waals surface area contributed by atoms with Crippen molar-refractivity contribution < 1.29 is 9.53 Å². The van der Waals surface area contributed by atoms with Gasteiger partial charge in [0.25, 0.3) is 0 Å². The van der Waals surface area contributed by atoms with Crippen molar-refractivity contribution >= 4 is 17.2 Å². The second-order valence-corrected chi connectivity index (χ2v) is 6.86. The van der Waals surface area contributed by atoms with E-state index in [0.29, 0.717) is 13.1 Å². The molecule has 1 saturated heterocycles. The zero-order valence-corrected chi connectivity index (χ0v) is 14.5. The second kappa shape index (κ2) is 9.25. The van der Waals surface area contributed by atoms with Gasteiger partial charge in [0.15, 0.2) is 0 Å². The van der Waals surface area contributed by atoms with Crippen LogP contribution in [-0.2, 0) is 22.5 Å². The number of hydrogen-bond donors (Lipinski definition) is 1. The normalized spacial score (nSPS) is 16.8. The Morgan fingerprint density at radius 2 is 1.91 bits per heavy atom. The molecule has 1 aromatic heterocycles. The standard InChI is InChI=1S/C16H27N3O2S/c1-3-14-4-5-15(22-14)12-17-16(20)13-19-8-6-18(7-9-19)10-11-21-2/h4-5H,3,6-13H2,1-2H3,(H,17,20). The summed E-state index contributed by atoms with van der Waals surface area (Å²) in [5.74, 6) is 0.122. The van der Waals surface area contributed by atoms with E-state index in [2.05, 4.69) is 34.2 Å². The summed E-state index contributed by atoms with van der Waals surface area (Å²) in [7, 11) is 1.73. The van der Waals surface area contributed by atoms with Crippen LogP contribution in [0.3, 0.4) is 0 Å². The minimum absolute atomic E-state index is 0.122. The van der Waals surface area contributed by atoms with Gasteiger partial charge in [0, 0.05) is 49.6 Å². The van der Waals surface area contributed by atoms with Crippen molar-refractivity contribution in [2.45, 2.75) is 19.9 Å². The summed E-state index contributed by atoms with van der Waals surface area (Å²) >= 11 is 1.78. The maximum Gasteiger partial charge on any atom is 0.234 e. The van der Waals surface area contributed by atoms with Crippen molar-refractivity contribution in [2.24, 2.45) is 0 Å². The first kappa shape index (κ1) is 17.4. The Morgan fingerprint density at radius 3 is 2.55 bits per heavy atom. The summed E-state index contributed by atoms with van der Waals surface area (Å²) in [6, 6.07) is 4.25. The van der Waals surface area contributed by atoms with E-state index < -0.39 is 0 Å². The van der Waals surface area contributed by atoms with E-state index >= 15 is 0 Å². The summed E-state index contributed by atoms with van der Waals surface area (Å²) in [5.41, 5.74) is 0. The predicted molar refractivity (Wildman–Crippen MR) is 90.3 cm³/mol. The van der Waals surface area contributed by atoms with Gasteiger partial charge < -0.3 is 10.1 Å². The number of nitrogens with one attached hydrogen (secondary N) is 1. The smallest absolute Gasteiger partial charge is 0.234 e. The molecule has 2 heterocycles. The lowest BCUT2D eigenvalue weighted by Gasteiger charge is -2.34. The van der Waals surface area contributed by atoms with Crippen LogP contribution in [0.1, 0.15) is 16.7 Å². The Hall–Kier alpha value is -0.950. The number of amides is 1. The zero-order valence-electron chi connectivity index (χ0n) is 13.6. The van der Waals surface area contributed by atoms with Gasteiger partial charge in [-0.2, -0.15) is 0 Å². The van der Waals surface area contributed by atoms with Gasteiger partial charge >= 0.3 is 0 Å². The first-order valence-corrected chi connectivity index (χ1v) is 8.81. The van der Waals surface area contributed by atoms with Crippen LogP contribution in [0.25, 0.3) is 0 Å². The molecular weight excluding hydrogens is 298 g/mol. The molecule has 1 N–H and O–H groups in total. The van der Waals surface area contributed by atoms with Gasteiger partial charge in [-0.15, -0.1) is 11.3 Å². The van der Waals surface area contributed by atoms with Crippen LogP contribution in [0.2, 0.25) is 0 Å². The lowest BCUT2D eigenvalue weighted by Crippen LogP contribution is -2.49. The Labute approximate surface area is 137 Å². The van der Waals surface area contributed by atoms with Crippen molar-refractivity contribution in [1.29, 1.82) is 0 Å². The lowest BCUT2D eigenvalue weighted by atomic mass is 10.3. The number of nitrogens with zero attached hydrogens (tertiary/aromatic N) is 2. The summed E-state index contributed by atoms with van der Waals surface area (Å²) in [4.78, 5) is 19.2. The van der Waals surface area contributed by atoms with Crippen molar-refractivity contribution in [3.05, 3.63) is 21.9 Å². The largest absolute Gasteiger partial charge is 0.383 e. The van der Waals surface area contributed by atoms with Gasteiger partial charge in [-0.25, -0.2) is 0 Å². The zero-order chi connectivity index (χ0) is 15.8.